The van der Waals surface area contributed by atoms with Crippen LogP contribution in [-0.4, -0.2) is 22.6 Å². The lowest BCUT2D eigenvalue weighted by Crippen LogP contribution is -2.32. The van der Waals surface area contributed by atoms with Gasteiger partial charge in [0.1, 0.15) is 0 Å². The highest BCUT2D eigenvalue weighted by Crippen LogP contribution is 2.53. The lowest BCUT2D eigenvalue weighted by Gasteiger charge is -2.17. The van der Waals surface area contributed by atoms with Crippen LogP contribution < -0.4 is 4.90 Å². The molecule has 0 spiro atoms. The van der Waals surface area contributed by atoms with Gasteiger partial charge < -0.3 is 0 Å². The molecule has 1 aliphatic heterocycles. The maximum Gasteiger partial charge on any atom is 0.238 e. The average Bonchev–Trinajstić information content (AvgIpc) is 3.50. The van der Waals surface area contributed by atoms with Crippen molar-refractivity contribution in [3.8, 4) is 0 Å². The lowest BCUT2D eigenvalue weighted by molar-refractivity contribution is -0.123. The first-order valence-corrected chi connectivity index (χ1v) is 13.1. The Kier molecular flexibility index (Phi) is 5.71. The molecule has 4 atom stereocenters. The van der Waals surface area contributed by atoms with E-state index in [4.69, 9.17) is 4.98 Å². The number of hydrogen-bond donors (Lipinski definition) is 0. The van der Waals surface area contributed by atoms with Gasteiger partial charge in [-0.1, -0.05) is 62.9 Å². The standard InChI is InChI=1S/C24H28N2O2S2/c1-2-3-4-5-6-7-12-29-24-25-18-11-10-17(14-19(18)30-24)26-22(27)20-15-8-9-16(13-15)21(20)23(26)28/h8-11,14-16,20-21H,2-7,12-13H2,1H3/t15-,16+,20-,21+. The number of hydrogen-bond acceptors (Lipinski definition) is 5. The number of carbonyl (C=O) groups is 2. The third-order valence-electron chi connectivity index (χ3n) is 6.80. The van der Waals surface area contributed by atoms with Gasteiger partial charge in [-0.25, -0.2) is 9.88 Å². The second-order valence-electron chi connectivity index (χ2n) is 8.76. The molecule has 2 heterocycles. The van der Waals surface area contributed by atoms with E-state index in [-0.39, 0.29) is 35.5 Å². The van der Waals surface area contributed by atoms with Crippen molar-refractivity contribution in [1.82, 2.24) is 4.98 Å². The van der Waals surface area contributed by atoms with Gasteiger partial charge in [0.15, 0.2) is 4.34 Å². The number of unbranched alkanes of at least 4 members (excludes halogenated alkanes) is 5. The van der Waals surface area contributed by atoms with Crippen LogP contribution in [0.1, 0.15) is 51.9 Å². The molecule has 1 aromatic carbocycles. The van der Waals surface area contributed by atoms with Crippen molar-refractivity contribution in [3.63, 3.8) is 0 Å². The third-order valence-corrected chi connectivity index (χ3v) is 9.05. The smallest absolute Gasteiger partial charge is 0.238 e. The van der Waals surface area contributed by atoms with Gasteiger partial charge in [-0.15, -0.1) is 11.3 Å². The minimum atomic E-state index is -0.145. The largest absolute Gasteiger partial charge is 0.274 e. The summed E-state index contributed by atoms with van der Waals surface area (Å²) >= 11 is 3.49. The van der Waals surface area contributed by atoms with Crippen LogP contribution in [0.2, 0.25) is 0 Å². The Labute approximate surface area is 186 Å². The van der Waals surface area contributed by atoms with E-state index >= 15 is 0 Å². The van der Waals surface area contributed by atoms with Gasteiger partial charge in [0.05, 0.1) is 27.7 Å². The number of nitrogens with zero attached hydrogens (tertiary/aromatic N) is 2. The Bertz CT molecular complexity index is 968. The zero-order chi connectivity index (χ0) is 20.7. The lowest BCUT2D eigenvalue weighted by atomic mass is 9.85. The van der Waals surface area contributed by atoms with Crippen LogP contribution in [0.4, 0.5) is 5.69 Å². The van der Waals surface area contributed by atoms with Crippen LogP contribution in [0, 0.1) is 23.7 Å². The van der Waals surface area contributed by atoms with Gasteiger partial charge >= 0.3 is 0 Å². The molecular formula is C24H28N2O2S2. The maximum absolute atomic E-state index is 13.1. The molecule has 6 heteroatoms. The first-order chi connectivity index (χ1) is 14.7. The number of imide groups is 1. The van der Waals surface area contributed by atoms with Crippen LogP contribution in [0.5, 0.6) is 0 Å². The zero-order valence-electron chi connectivity index (χ0n) is 17.4. The maximum atomic E-state index is 13.1. The highest BCUT2D eigenvalue weighted by Gasteiger charge is 2.59. The van der Waals surface area contributed by atoms with Crippen molar-refractivity contribution in [2.45, 2.75) is 56.2 Å². The molecule has 5 rings (SSSR count). The fourth-order valence-electron chi connectivity index (χ4n) is 5.29. The number of benzene rings is 1. The van der Waals surface area contributed by atoms with Gasteiger partial charge in [-0.3, -0.25) is 9.59 Å². The minimum Gasteiger partial charge on any atom is -0.274 e. The van der Waals surface area contributed by atoms with E-state index in [1.165, 1.54) is 43.4 Å². The fourth-order valence-corrected chi connectivity index (χ4v) is 7.46. The van der Waals surface area contributed by atoms with E-state index in [1.54, 1.807) is 11.3 Å². The molecule has 1 saturated carbocycles. The van der Waals surface area contributed by atoms with E-state index in [1.807, 2.05) is 30.0 Å². The monoisotopic (exact) mass is 440 g/mol. The Balaban J connectivity index is 1.25. The molecule has 0 unspecified atom stereocenters. The second kappa shape index (κ2) is 8.46. The first-order valence-electron chi connectivity index (χ1n) is 11.3. The van der Waals surface area contributed by atoms with E-state index in [9.17, 15) is 9.59 Å². The molecule has 4 nitrogen and oxygen atoms in total. The van der Waals surface area contributed by atoms with Crippen molar-refractivity contribution in [2.75, 3.05) is 10.7 Å². The summed E-state index contributed by atoms with van der Waals surface area (Å²) in [5, 5.41) is 0. The van der Waals surface area contributed by atoms with Crippen LogP contribution in [0.3, 0.4) is 0 Å². The molecule has 158 valence electrons. The summed E-state index contributed by atoms with van der Waals surface area (Å²) in [5.74, 6) is 1.28. The first kappa shape index (κ1) is 20.3. The minimum absolute atomic E-state index is 0.0108. The molecule has 2 fully saturated rings. The molecular weight excluding hydrogens is 412 g/mol. The summed E-state index contributed by atoms with van der Waals surface area (Å²) in [4.78, 5) is 32.3. The number of rotatable bonds is 9. The zero-order valence-corrected chi connectivity index (χ0v) is 19.0. The summed E-state index contributed by atoms with van der Waals surface area (Å²) in [7, 11) is 0. The van der Waals surface area contributed by atoms with E-state index in [0.717, 1.165) is 26.7 Å². The molecule has 2 aliphatic carbocycles. The number of thiazole rings is 1. The summed E-state index contributed by atoms with van der Waals surface area (Å²) in [6, 6.07) is 5.82. The summed E-state index contributed by atoms with van der Waals surface area (Å²) < 4.78 is 2.13. The molecule has 0 radical (unpaired) electrons. The summed E-state index contributed by atoms with van der Waals surface area (Å²) in [6.45, 7) is 2.25. The quantitative estimate of drug-likeness (QED) is 0.206. The predicted octanol–water partition coefficient (Wildman–Crippen LogP) is 6.06. The van der Waals surface area contributed by atoms with Crippen molar-refractivity contribution >= 4 is 50.8 Å². The highest BCUT2D eigenvalue weighted by atomic mass is 32.2. The molecule has 2 amide bonds. The number of anilines is 1. The molecule has 3 aliphatic rings. The summed E-state index contributed by atoms with van der Waals surface area (Å²) in [5.41, 5.74) is 1.66. The predicted molar refractivity (Wildman–Crippen MR) is 124 cm³/mol. The van der Waals surface area contributed by atoms with Crippen LogP contribution in [0.25, 0.3) is 10.2 Å². The SMILES string of the molecule is CCCCCCCCSc1nc2ccc(N3C(=O)[C@@H]4[C@H](C3=O)[C@@H]3C=C[C@H]4C3)cc2s1. The molecule has 2 bridgehead atoms. The van der Waals surface area contributed by atoms with Crippen molar-refractivity contribution in [1.29, 1.82) is 0 Å². The van der Waals surface area contributed by atoms with Gasteiger partial charge in [-0.2, -0.15) is 0 Å². The second-order valence-corrected chi connectivity index (χ2v) is 11.1. The van der Waals surface area contributed by atoms with Crippen molar-refractivity contribution < 1.29 is 9.59 Å². The topological polar surface area (TPSA) is 50.3 Å². The number of fused-ring (bicyclic) bond motifs is 6. The molecule has 0 N–H and O–H groups in total. The van der Waals surface area contributed by atoms with Crippen LogP contribution >= 0.6 is 23.1 Å². The van der Waals surface area contributed by atoms with Gasteiger partial charge in [0.25, 0.3) is 0 Å². The average molecular weight is 441 g/mol. The van der Waals surface area contributed by atoms with Crippen molar-refractivity contribution in [3.05, 3.63) is 30.4 Å². The molecule has 30 heavy (non-hydrogen) atoms. The Hall–Kier alpha value is -1.66. The van der Waals surface area contributed by atoms with Crippen LogP contribution in [-0.2, 0) is 9.59 Å². The number of aromatic nitrogens is 1. The van der Waals surface area contributed by atoms with E-state index in [2.05, 4.69) is 19.1 Å². The molecule has 1 aromatic heterocycles. The highest BCUT2D eigenvalue weighted by molar-refractivity contribution is 8.01. The summed E-state index contributed by atoms with van der Waals surface area (Å²) in [6.07, 6.45) is 13.1. The van der Waals surface area contributed by atoms with Gasteiger partial charge in [-0.05, 0) is 42.9 Å². The third kappa shape index (κ3) is 3.52. The fraction of sp³-hybridized carbons (Fsp3) is 0.542. The van der Waals surface area contributed by atoms with Crippen LogP contribution in [0.15, 0.2) is 34.7 Å². The molecule has 1 saturated heterocycles. The van der Waals surface area contributed by atoms with E-state index in [0.29, 0.717) is 5.69 Å². The normalized spacial score (nSPS) is 27.0. The number of thioether (sulfide) groups is 1. The number of amides is 2. The number of carbonyl (C=O) groups excluding carboxylic acids is 2. The Morgan fingerprint density at radius 2 is 1.73 bits per heavy atom. The van der Waals surface area contributed by atoms with Gasteiger partial charge in [0, 0.05) is 5.75 Å². The van der Waals surface area contributed by atoms with E-state index < -0.39 is 0 Å². The van der Waals surface area contributed by atoms with Crippen molar-refractivity contribution in [2.24, 2.45) is 23.7 Å². The Morgan fingerprint density at radius 1 is 1.03 bits per heavy atom. The number of allylic oxidation sites excluding steroid dienone is 2. The Morgan fingerprint density at radius 3 is 2.47 bits per heavy atom. The molecule has 2 aromatic rings. The van der Waals surface area contributed by atoms with Gasteiger partial charge in [0.2, 0.25) is 11.8 Å².